The van der Waals surface area contributed by atoms with Gasteiger partial charge >= 0.3 is 0 Å². The van der Waals surface area contributed by atoms with Gasteiger partial charge in [-0.05, 0) is 12.9 Å². The largest absolute Gasteiger partial charge is 0.394 e. The highest BCUT2D eigenvalue weighted by atomic mass is 32.1. The van der Waals surface area contributed by atoms with Crippen molar-refractivity contribution in [2.45, 2.75) is 61.4 Å². The molecule has 2 aliphatic heterocycles. The van der Waals surface area contributed by atoms with E-state index in [0.29, 0.717) is 0 Å². The molecule has 0 unspecified atom stereocenters. The highest BCUT2D eigenvalue weighted by molar-refractivity contribution is 7.75. The van der Waals surface area contributed by atoms with Crippen LogP contribution in [0.4, 0.5) is 0 Å². The lowest BCUT2D eigenvalue weighted by atomic mass is 9.97. The second-order valence-electron chi connectivity index (χ2n) is 5.64. The summed E-state index contributed by atoms with van der Waals surface area (Å²) in [5, 5.41) is 68.0. The Morgan fingerprint density at radius 2 is 1.46 bits per heavy atom. The molecular formula is C12H22O11S. The summed E-state index contributed by atoms with van der Waals surface area (Å²) in [4.78, 5) is 0. The Balaban J connectivity index is 2.11. The first kappa shape index (κ1) is 20.2. The summed E-state index contributed by atoms with van der Waals surface area (Å²) in [6.07, 6.45) is -15.1. The van der Waals surface area contributed by atoms with Gasteiger partial charge in [0.05, 0.1) is 13.2 Å². The number of rotatable bonds is 5. The van der Waals surface area contributed by atoms with Gasteiger partial charge < -0.3 is 54.1 Å². The predicted octanol–water partition coefficient (Wildman–Crippen LogP) is -4.53. The van der Waals surface area contributed by atoms with E-state index in [0.717, 1.165) is 0 Å². The van der Waals surface area contributed by atoms with Crippen LogP contribution in [0.5, 0.6) is 0 Å². The molecule has 2 saturated heterocycles. The third-order valence-electron chi connectivity index (χ3n) is 4.04. The van der Waals surface area contributed by atoms with Crippen LogP contribution in [0.25, 0.3) is 0 Å². The lowest BCUT2D eigenvalue weighted by Gasteiger charge is -2.45. The van der Waals surface area contributed by atoms with Crippen LogP contribution in [0.1, 0.15) is 0 Å². The van der Waals surface area contributed by atoms with Gasteiger partial charge in [0, 0.05) is 0 Å². The average Bonchev–Trinajstić information content (AvgIpc) is 2.57. The Labute approximate surface area is 142 Å². The van der Waals surface area contributed by atoms with Crippen molar-refractivity contribution in [2.75, 3.05) is 13.2 Å². The molecule has 2 rings (SSSR count). The van der Waals surface area contributed by atoms with Crippen molar-refractivity contribution in [3.05, 3.63) is 0 Å². The second kappa shape index (κ2) is 8.53. The van der Waals surface area contributed by atoms with E-state index in [2.05, 4.69) is 17.1 Å². The molecule has 2 fully saturated rings. The highest BCUT2D eigenvalue weighted by Crippen LogP contribution is 2.28. The van der Waals surface area contributed by atoms with Crippen LogP contribution in [-0.4, -0.2) is 110 Å². The minimum absolute atomic E-state index is 0.234. The van der Waals surface area contributed by atoms with Crippen LogP contribution in [0.15, 0.2) is 0 Å². The second-order valence-corrected chi connectivity index (χ2v) is 5.90. The van der Waals surface area contributed by atoms with Crippen LogP contribution >= 0.6 is 12.9 Å². The number of hydrogen-bond donors (Lipinski definition) is 8. The van der Waals surface area contributed by atoms with Gasteiger partial charge in [-0.2, -0.15) is 0 Å². The maximum atomic E-state index is 10.0. The molecule has 7 N–H and O–H groups in total. The fraction of sp³-hybridized carbons (Fsp3) is 1.00. The van der Waals surface area contributed by atoms with Gasteiger partial charge in [-0.3, -0.25) is 0 Å². The molecule has 0 bridgehead atoms. The fourth-order valence-corrected chi connectivity index (χ4v) is 2.78. The van der Waals surface area contributed by atoms with Gasteiger partial charge in [0.2, 0.25) is 0 Å². The molecule has 11 nitrogen and oxygen atoms in total. The molecule has 142 valence electrons. The van der Waals surface area contributed by atoms with Crippen molar-refractivity contribution in [3.63, 3.8) is 0 Å². The van der Waals surface area contributed by atoms with Crippen LogP contribution in [-0.2, 0) is 18.4 Å². The first-order chi connectivity index (χ1) is 11.3. The van der Waals surface area contributed by atoms with E-state index < -0.39 is 68.0 Å². The van der Waals surface area contributed by atoms with Gasteiger partial charge in [-0.25, -0.2) is 0 Å². The standard InChI is InChI=1S/C12H22O11S/c13-1-3-10(7(16)8(17)11(19)21-3)23-12-9(18)6(15)5(14)4(22-12)2-20-24/h3-19,24H,1-2H2/t3-,4-,5+,6+,7-,8-,9-,10-,11+,12+/m1/s1. The Hall–Kier alpha value is -0.0900. The minimum Gasteiger partial charge on any atom is -0.394 e. The van der Waals surface area contributed by atoms with Crippen molar-refractivity contribution >= 4 is 12.9 Å². The molecule has 0 aromatic heterocycles. The molecule has 12 heteroatoms. The van der Waals surface area contributed by atoms with E-state index >= 15 is 0 Å². The Morgan fingerprint density at radius 3 is 2.04 bits per heavy atom. The van der Waals surface area contributed by atoms with Crippen molar-refractivity contribution in [2.24, 2.45) is 0 Å². The zero-order valence-corrected chi connectivity index (χ0v) is 13.3. The quantitative estimate of drug-likeness (QED) is 0.172. The summed E-state index contributed by atoms with van der Waals surface area (Å²) in [6, 6.07) is 0. The van der Waals surface area contributed by atoms with E-state index in [-0.39, 0.29) is 6.61 Å². The monoisotopic (exact) mass is 374 g/mol. The Kier molecular flexibility index (Phi) is 7.19. The van der Waals surface area contributed by atoms with Crippen LogP contribution < -0.4 is 0 Å². The van der Waals surface area contributed by atoms with Crippen LogP contribution in [0.3, 0.4) is 0 Å². The summed E-state index contributed by atoms with van der Waals surface area (Å²) in [6.45, 7) is -0.898. The van der Waals surface area contributed by atoms with Crippen molar-refractivity contribution in [1.29, 1.82) is 0 Å². The molecule has 24 heavy (non-hydrogen) atoms. The average molecular weight is 374 g/mol. The topological polar surface area (TPSA) is 179 Å². The summed E-state index contributed by atoms with van der Waals surface area (Å²) in [5.41, 5.74) is 0. The maximum absolute atomic E-state index is 10.0. The van der Waals surface area contributed by atoms with Crippen LogP contribution in [0.2, 0.25) is 0 Å². The molecule has 0 amide bonds. The normalized spacial score (nSPS) is 50.0. The van der Waals surface area contributed by atoms with Crippen molar-refractivity contribution in [3.8, 4) is 0 Å². The van der Waals surface area contributed by atoms with Crippen molar-refractivity contribution in [1.82, 2.24) is 0 Å². The van der Waals surface area contributed by atoms with Gasteiger partial charge in [0.1, 0.15) is 48.8 Å². The third kappa shape index (κ3) is 4.00. The number of hydrogen-bond acceptors (Lipinski definition) is 12. The zero-order valence-electron chi connectivity index (χ0n) is 12.4. The molecule has 0 aromatic rings. The first-order valence-electron chi connectivity index (χ1n) is 7.23. The summed E-state index contributed by atoms with van der Waals surface area (Å²) < 4.78 is 20.1. The molecule has 0 aromatic carbocycles. The van der Waals surface area contributed by atoms with Gasteiger partial charge in [-0.15, -0.1) is 0 Å². The number of aliphatic hydroxyl groups excluding tert-OH is 7. The Bertz CT molecular complexity index is 399. The smallest absolute Gasteiger partial charge is 0.187 e. The van der Waals surface area contributed by atoms with E-state index in [4.69, 9.17) is 14.2 Å². The predicted molar refractivity (Wildman–Crippen MR) is 76.5 cm³/mol. The fourth-order valence-electron chi connectivity index (χ4n) is 2.63. The number of thiol groups is 1. The van der Waals surface area contributed by atoms with Gasteiger partial charge in [-0.1, -0.05) is 0 Å². The summed E-state index contributed by atoms with van der Waals surface area (Å²) >= 11 is 3.52. The zero-order chi connectivity index (χ0) is 18.0. The number of ether oxygens (including phenoxy) is 3. The van der Waals surface area contributed by atoms with Gasteiger partial charge in [0.25, 0.3) is 0 Å². The van der Waals surface area contributed by atoms with Crippen molar-refractivity contribution < 1.29 is 54.1 Å². The van der Waals surface area contributed by atoms with E-state index in [1.54, 1.807) is 0 Å². The molecule has 0 spiro atoms. The SMILES string of the molecule is OC[C@H]1O[C@H](O)[C@H](O)[C@@H](O)[C@@H]1O[C@@H]1O[C@H](COS)[C@H](O)[C@H](O)[C@H]1O. The molecule has 2 aliphatic rings. The van der Waals surface area contributed by atoms with Gasteiger partial charge in [0.15, 0.2) is 12.6 Å². The van der Waals surface area contributed by atoms with E-state index in [1.807, 2.05) is 0 Å². The molecule has 10 atom stereocenters. The van der Waals surface area contributed by atoms with E-state index in [9.17, 15) is 35.7 Å². The molecule has 0 saturated carbocycles. The van der Waals surface area contributed by atoms with E-state index in [1.165, 1.54) is 0 Å². The lowest BCUT2D eigenvalue weighted by Crippen LogP contribution is -2.64. The summed E-state index contributed by atoms with van der Waals surface area (Å²) in [5.74, 6) is 0. The minimum atomic E-state index is -1.73. The third-order valence-corrected chi connectivity index (χ3v) is 4.19. The maximum Gasteiger partial charge on any atom is 0.187 e. The highest BCUT2D eigenvalue weighted by Gasteiger charge is 2.50. The molecule has 0 radical (unpaired) electrons. The number of aliphatic hydroxyl groups is 7. The first-order valence-corrected chi connectivity index (χ1v) is 7.60. The molecule has 0 aliphatic carbocycles. The molecular weight excluding hydrogens is 352 g/mol. The lowest BCUT2D eigenvalue weighted by molar-refractivity contribution is -0.354. The summed E-state index contributed by atoms with van der Waals surface area (Å²) in [7, 11) is 0. The van der Waals surface area contributed by atoms with Crippen LogP contribution in [0, 0.1) is 0 Å². The Morgan fingerprint density at radius 1 is 0.792 bits per heavy atom. The molecule has 2 heterocycles.